The van der Waals surface area contributed by atoms with Gasteiger partial charge in [-0.25, -0.2) is 4.79 Å². The number of nitrogens with zero attached hydrogens (tertiary/aromatic N) is 3. The first-order chi connectivity index (χ1) is 8.70. The van der Waals surface area contributed by atoms with Gasteiger partial charge in [0.15, 0.2) is 5.82 Å². The highest BCUT2D eigenvalue weighted by Crippen LogP contribution is 2.07. The third kappa shape index (κ3) is 2.72. The number of aromatic amines is 2. The van der Waals surface area contributed by atoms with Gasteiger partial charge in [0.25, 0.3) is 0 Å². The molecule has 0 aliphatic heterocycles. The lowest BCUT2D eigenvalue weighted by Crippen LogP contribution is -2.19. The Morgan fingerprint density at radius 2 is 2.39 bits per heavy atom. The molecule has 0 saturated carbocycles. The maximum absolute atomic E-state index is 11.2. The predicted octanol–water partition coefficient (Wildman–Crippen LogP) is 0.165. The van der Waals surface area contributed by atoms with Crippen molar-refractivity contribution in [1.82, 2.24) is 30.9 Å². The van der Waals surface area contributed by atoms with Crippen LogP contribution in [-0.2, 0) is 11.3 Å². The Balaban J connectivity index is 1.90. The molecule has 2 rings (SSSR count). The van der Waals surface area contributed by atoms with Crippen molar-refractivity contribution in [2.75, 3.05) is 7.11 Å². The molecule has 0 bridgehead atoms. The van der Waals surface area contributed by atoms with Gasteiger partial charge in [-0.15, -0.1) is 10.2 Å². The first-order valence-electron chi connectivity index (χ1n) is 5.43. The number of hydrogen-bond acceptors (Lipinski definition) is 6. The van der Waals surface area contributed by atoms with E-state index in [1.165, 1.54) is 7.11 Å². The van der Waals surface area contributed by atoms with Crippen LogP contribution in [0.3, 0.4) is 0 Å². The minimum absolute atomic E-state index is 0.0337. The Labute approximate surface area is 103 Å². The van der Waals surface area contributed by atoms with Crippen molar-refractivity contribution in [1.29, 1.82) is 0 Å². The van der Waals surface area contributed by atoms with Gasteiger partial charge in [-0.1, -0.05) is 5.21 Å². The second kappa shape index (κ2) is 5.41. The molecule has 96 valence electrons. The molecule has 0 aliphatic carbocycles. The van der Waals surface area contributed by atoms with Crippen LogP contribution in [-0.4, -0.2) is 38.7 Å². The van der Waals surface area contributed by atoms with Crippen LogP contribution in [0.15, 0.2) is 12.1 Å². The number of carbonyl (C=O) groups excluding carboxylic acids is 1. The van der Waals surface area contributed by atoms with Gasteiger partial charge in [0.05, 0.1) is 13.2 Å². The summed E-state index contributed by atoms with van der Waals surface area (Å²) in [5, 5.41) is 16.9. The highest BCUT2D eigenvalue weighted by molar-refractivity contribution is 5.87. The fourth-order valence-electron chi connectivity index (χ4n) is 1.48. The number of esters is 1. The third-order valence-corrected chi connectivity index (χ3v) is 2.50. The van der Waals surface area contributed by atoms with Gasteiger partial charge in [0, 0.05) is 12.2 Å². The number of hydrogen-bond donors (Lipinski definition) is 3. The molecule has 2 heterocycles. The SMILES string of the molecule is COC(=O)c1ccc(CNC(C)c2nn[nH]n2)[nH]1. The zero-order chi connectivity index (χ0) is 13.0. The van der Waals surface area contributed by atoms with Crippen LogP contribution in [0, 0.1) is 0 Å². The van der Waals surface area contributed by atoms with Crippen molar-refractivity contribution >= 4 is 5.97 Å². The standard InChI is InChI=1S/C10H14N6O2/c1-6(9-13-15-16-14-9)11-5-7-3-4-8(12-7)10(17)18-2/h3-4,6,11-12H,5H2,1-2H3,(H,13,14,15,16). The largest absolute Gasteiger partial charge is 0.464 e. The number of methoxy groups -OCH3 is 1. The van der Waals surface area contributed by atoms with Crippen molar-refractivity contribution in [3.8, 4) is 0 Å². The van der Waals surface area contributed by atoms with E-state index < -0.39 is 0 Å². The number of ether oxygens (including phenoxy) is 1. The fraction of sp³-hybridized carbons (Fsp3) is 0.400. The van der Waals surface area contributed by atoms with E-state index >= 15 is 0 Å². The van der Waals surface area contributed by atoms with Crippen molar-refractivity contribution < 1.29 is 9.53 Å². The Morgan fingerprint density at radius 1 is 1.56 bits per heavy atom. The molecule has 0 aromatic carbocycles. The van der Waals surface area contributed by atoms with E-state index in [0.29, 0.717) is 18.1 Å². The van der Waals surface area contributed by atoms with Crippen LogP contribution in [0.2, 0.25) is 0 Å². The molecule has 2 aromatic rings. The summed E-state index contributed by atoms with van der Waals surface area (Å²) >= 11 is 0. The van der Waals surface area contributed by atoms with E-state index in [1.807, 2.05) is 13.0 Å². The summed E-state index contributed by atoms with van der Waals surface area (Å²) in [5.41, 5.74) is 1.31. The molecule has 2 aromatic heterocycles. The zero-order valence-electron chi connectivity index (χ0n) is 10.1. The summed E-state index contributed by atoms with van der Waals surface area (Å²) in [4.78, 5) is 14.2. The molecule has 18 heavy (non-hydrogen) atoms. The highest BCUT2D eigenvalue weighted by Gasteiger charge is 2.11. The number of aromatic nitrogens is 5. The lowest BCUT2D eigenvalue weighted by atomic mass is 10.3. The number of rotatable bonds is 5. The molecular weight excluding hydrogens is 236 g/mol. The van der Waals surface area contributed by atoms with E-state index in [9.17, 15) is 4.79 Å². The second-order valence-corrected chi connectivity index (χ2v) is 3.76. The molecule has 8 nitrogen and oxygen atoms in total. The average molecular weight is 250 g/mol. The van der Waals surface area contributed by atoms with Gasteiger partial charge in [0.1, 0.15) is 5.69 Å². The Hall–Kier alpha value is -2.22. The van der Waals surface area contributed by atoms with Crippen molar-refractivity contribution in [2.24, 2.45) is 0 Å². The number of tetrazole rings is 1. The molecule has 1 atom stereocenters. The van der Waals surface area contributed by atoms with E-state index in [1.54, 1.807) is 6.07 Å². The molecule has 0 saturated heterocycles. The first kappa shape index (κ1) is 12.2. The summed E-state index contributed by atoms with van der Waals surface area (Å²) in [7, 11) is 1.35. The van der Waals surface area contributed by atoms with Gasteiger partial charge in [0.2, 0.25) is 0 Å². The summed E-state index contributed by atoms with van der Waals surface area (Å²) in [6, 6.07) is 3.47. The minimum Gasteiger partial charge on any atom is -0.464 e. The van der Waals surface area contributed by atoms with E-state index in [2.05, 4.69) is 35.7 Å². The molecule has 1 unspecified atom stereocenters. The molecule has 0 spiro atoms. The van der Waals surface area contributed by atoms with Gasteiger partial charge in [-0.3, -0.25) is 0 Å². The Morgan fingerprint density at radius 3 is 3.06 bits per heavy atom. The predicted molar refractivity (Wildman–Crippen MR) is 61.6 cm³/mol. The van der Waals surface area contributed by atoms with Gasteiger partial charge in [-0.05, 0) is 19.1 Å². The summed E-state index contributed by atoms with van der Waals surface area (Å²) < 4.78 is 4.61. The van der Waals surface area contributed by atoms with E-state index in [4.69, 9.17) is 0 Å². The van der Waals surface area contributed by atoms with Crippen LogP contribution >= 0.6 is 0 Å². The Bertz CT molecular complexity index is 506. The molecular formula is C10H14N6O2. The maximum atomic E-state index is 11.2. The average Bonchev–Trinajstić information content (AvgIpc) is 3.05. The monoisotopic (exact) mass is 250 g/mol. The van der Waals surface area contributed by atoms with Crippen molar-refractivity contribution in [2.45, 2.75) is 19.5 Å². The van der Waals surface area contributed by atoms with Crippen LogP contribution in [0.25, 0.3) is 0 Å². The number of H-pyrrole nitrogens is 2. The van der Waals surface area contributed by atoms with E-state index in [0.717, 1.165) is 5.69 Å². The van der Waals surface area contributed by atoms with Crippen LogP contribution < -0.4 is 5.32 Å². The quantitative estimate of drug-likeness (QED) is 0.652. The zero-order valence-corrected chi connectivity index (χ0v) is 10.1. The van der Waals surface area contributed by atoms with Crippen molar-refractivity contribution in [3.05, 3.63) is 29.3 Å². The molecule has 0 amide bonds. The maximum Gasteiger partial charge on any atom is 0.354 e. The molecule has 8 heteroatoms. The minimum atomic E-state index is -0.382. The summed E-state index contributed by atoms with van der Waals surface area (Å²) in [5.74, 6) is 0.210. The fourth-order valence-corrected chi connectivity index (χ4v) is 1.48. The highest BCUT2D eigenvalue weighted by atomic mass is 16.5. The lowest BCUT2D eigenvalue weighted by Gasteiger charge is -2.08. The molecule has 0 radical (unpaired) electrons. The van der Waals surface area contributed by atoms with Gasteiger partial charge < -0.3 is 15.0 Å². The topological polar surface area (TPSA) is 109 Å². The van der Waals surface area contributed by atoms with Crippen LogP contribution in [0.4, 0.5) is 0 Å². The van der Waals surface area contributed by atoms with Gasteiger partial charge >= 0.3 is 5.97 Å². The Kier molecular flexibility index (Phi) is 3.68. The van der Waals surface area contributed by atoms with E-state index in [-0.39, 0.29) is 12.0 Å². The molecule has 3 N–H and O–H groups in total. The van der Waals surface area contributed by atoms with Crippen LogP contribution in [0.1, 0.15) is 35.0 Å². The van der Waals surface area contributed by atoms with Gasteiger partial charge in [-0.2, -0.15) is 5.21 Å². The number of nitrogens with one attached hydrogen (secondary N) is 3. The first-order valence-corrected chi connectivity index (χ1v) is 5.43. The smallest absolute Gasteiger partial charge is 0.354 e. The summed E-state index contributed by atoms with van der Waals surface area (Å²) in [6.07, 6.45) is 0. The molecule has 0 fully saturated rings. The summed E-state index contributed by atoms with van der Waals surface area (Å²) in [6.45, 7) is 2.49. The lowest BCUT2D eigenvalue weighted by molar-refractivity contribution is 0.0594. The van der Waals surface area contributed by atoms with Crippen molar-refractivity contribution in [3.63, 3.8) is 0 Å². The second-order valence-electron chi connectivity index (χ2n) is 3.76. The van der Waals surface area contributed by atoms with Crippen LogP contribution in [0.5, 0.6) is 0 Å². The number of carbonyl (C=O) groups is 1. The third-order valence-electron chi connectivity index (χ3n) is 2.50. The molecule has 0 aliphatic rings. The normalized spacial score (nSPS) is 12.3.